The Bertz CT molecular complexity index is 1380. The van der Waals surface area contributed by atoms with Crippen molar-refractivity contribution in [3.05, 3.63) is 65.7 Å². The van der Waals surface area contributed by atoms with Gasteiger partial charge in [0.25, 0.3) is 11.8 Å². The first-order chi connectivity index (χ1) is 16.9. The Morgan fingerprint density at radius 3 is 2.60 bits per heavy atom. The molecule has 2 N–H and O–H groups in total. The summed E-state index contributed by atoms with van der Waals surface area (Å²) in [6, 6.07) is 7.88. The number of aryl methyl sites for hydroxylation is 1. The number of rotatable bonds is 5. The molecule has 35 heavy (non-hydrogen) atoms. The summed E-state index contributed by atoms with van der Waals surface area (Å²) in [6.45, 7) is 4.76. The Labute approximate surface area is 199 Å². The van der Waals surface area contributed by atoms with Gasteiger partial charge < -0.3 is 24.8 Å². The number of nitrogens with zero attached hydrogens (tertiary/aromatic N) is 5. The number of piperazine rings is 1. The number of anilines is 2. The van der Waals surface area contributed by atoms with E-state index >= 15 is 4.39 Å². The first kappa shape index (κ1) is 22.7. The van der Waals surface area contributed by atoms with Gasteiger partial charge in [0, 0.05) is 49.0 Å². The minimum atomic E-state index is -0.906. The van der Waals surface area contributed by atoms with Crippen molar-refractivity contribution in [3.8, 4) is 11.6 Å². The highest BCUT2D eigenvalue weighted by atomic mass is 19.1. The van der Waals surface area contributed by atoms with Crippen LogP contribution in [-0.4, -0.2) is 68.9 Å². The standard InChI is InChI=1S/C24H23F2N7O2/c1-14-11-16-17(30-14)4-5-18(20(16)25)35-23-21(26)22(28-13-29-23)31-19-6-3-15(12-27-19)24(34)33-9-7-32(2)8-10-33/h3-6,11-13,30H,7-10H2,1-2H3,(H,27,28,29,31). The fraction of sp³-hybridized carbons (Fsp3) is 0.250. The lowest BCUT2D eigenvalue weighted by atomic mass is 10.2. The van der Waals surface area contributed by atoms with Crippen molar-refractivity contribution in [2.45, 2.75) is 6.92 Å². The summed E-state index contributed by atoms with van der Waals surface area (Å²) in [7, 11) is 2.02. The molecule has 1 aliphatic heterocycles. The third kappa shape index (κ3) is 4.62. The molecule has 3 aromatic heterocycles. The molecule has 0 atom stereocenters. The number of likely N-dealkylation sites (N-methyl/N-ethyl adjacent to an activating group) is 1. The molecule has 1 amide bonds. The average Bonchev–Trinajstić information content (AvgIpc) is 3.25. The van der Waals surface area contributed by atoms with Crippen molar-refractivity contribution in [2.24, 2.45) is 0 Å². The second kappa shape index (κ2) is 9.26. The van der Waals surface area contributed by atoms with Gasteiger partial charge in [0.2, 0.25) is 5.82 Å². The van der Waals surface area contributed by atoms with Crippen molar-refractivity contribution in [1.29, 1.82) is 0 Å². The van der Waals surface area contributed by atoms with Crippen molar-refractivity contribution in [3.63, 3.8) is 0 Å². The van der Waals surface area contributed by atoms with Crippen molar-refractivity contribution in [2.75, 3.05) is 38.5 Å². The minimum absolute atomic E-state index is 0.0994. The Morgan fingerprint density at radius 1 is 1.06 bits per heavy atom. The molecule has 1 fully saturated rings. The van der Waals surface area contributed by atoms with Gasteiger partial charge in [-0.2, -0.15) is 9.37 Å². The zero-order chi connectivity index (χ0) is 24.5. The molecule has 4 aromatic rings. The van der Waals surface area contributed by atoms with Gasteiger partial charge in [-0.25, -0.2) is 14.4 Å². The molecule has 180 valence electrons. The lowest BCUT2D eigenvalue weighted by Gasteiger charge is -2.32. The number of hydrogen-bond donors (Lipinski definition) is 2. The maximum atomic E-state index is 15.0. The van der Waals surface area contributed by atoms with Crippen LogP contribution >= 0.6 is 0 Å². The quantitative estimate of drug-likeness (QED) is 0.448. The lowest BCUT2D eigenvalue weighted by Crippen LogP contribution is -2.47. The number of aromatic nitrogens is 4. The van der Waals surface area contributed by atoms with E-state index in [-0.39, 0.29) is 23.3 Å². The van der Waals surface area contributed by atoms with E-state index in [1.807, 2.05) is 14.0 Å². The van der Waals surface area contributed by atoms with E-state index in [1.54, 1.807) is 29.2 Å². The molecule has 1 aromatic carbocycles. The van der Waals surface area contributed by atoms with Crippen LogP contribution in [0.3, 0.4) is 0 Å². The van der Waals surface area contributed by atoms with Gasteiger partial charge in [-0.3, -0.25) is 4.79 Å². The molecular formula is C24H23F2N7O2. The van der Waals surface area contributed by atoms with Gasteiger partial charge in [-0.15, -0.1) is 0 Å². The summed E-state index contributed by atoms with van der Waals surface area (Å²) >= 11 is 0. The summed E-state index contributed by atoms with van der Waals surface area (Å²) in [6.07, 6.45) is 2.53. The number of hydrogen-bond acceptors (Lipinski definition) is 7. The highest BCUT2D eigenvalue weighted by molar-refractivity contribution is 5.94. The Hall–Kier alpha value is -4.12. The second-order valence-corrected chi connectivity index (χ2v) is 8.39. The zero-order valence-corrected chi connectivity index (χ0v) is 19.2. The molecule has 4 heterocycles. The van der Waals surface area contributed by atoms with E-state index in [9.17, 15) is 9.18 Å². The van der Waals surface area contributed by atoms with Gasteiger partial charge in [0.05, 0.1) is 5.56 Å². The fourth-order valence-corrected chi connectivity index (χ4v) is 3.89. The largest absolute Gasteiger partial charge is 0.433 e. The minimum Gasteiger partial charge on any atom is -0.433 e. The van der Waals surface area contributed by atoms with Crippen LogP contribution in [0, 0.1) is 18.6 Å². The van der Waals surface area contributed by atoms with Crippen molar-refractivity contribution >= 4 is 28.4 Å². The van der Waals surface area contributed by atoms with Crippen LogP contribution in [0.5, 0.6) is 11.6 Å². The number of benzene rings is 1. The van der Waals surface area contributed by atoms with Gasteiger partial charge in [0.1, 0.15) is 12.1 Å². The number of pyridine rings is 1. The third-order valence-corrected chi connectivity index (χ3v) is 5.85. The number of amides is 1. The first-order valence-electron chi connectivity index (χ1n) is 11.1. The van der Waals surface area contributed by atoms with Crippen LogP contribution in [0.15, 0.2) is 42.9 Å². The molecule has 1 saturated heterocycles. The van der Waals surface area contributed by atoms with E-state index in [4.69, 9.17) is 4.74 Å². The summed E-state index contributed by atoms with van der Waals surface area (Å²) in [5.74, 6) is -2.14. The summed E-state index contributed by atoms with van der Waals surface area (Å²) in [5.41, 5.74) is 1.84. The highest BCUT2D eigenvalue weighted by Gasteiger charge is 2.21. The van der Waals surface area contributed by atoms with Crippen LogP contribution in [0.2, 0.25) is 0 Å². The van der Waals surface area contributed by atoms with Gasteiger partial charge in [-0.05, 0) is 44.3 Å². The fourth-order valence-electron chi connectivity index (χ4n) is 3.89. The van der Waals surface area contributed by atoms with E-state index in [2.05, 4.69) is 30.2 Å². The van der Waals surface area contributed by atoms with E-state index < -0.39 is 17.5 Å². The van der Waals surface area contributed by atoms with Gasteiger partial charge in [0.15, 0.2) is 17.4 Å². The molecule has 0 bridgehead atoms. The number of carbonyl (C=O) groups is 1. The maximum absolute atomic E-state index is 15.0. The predicted octanol–water partition coefficient (Wildman–Crippen LogP) is 3.86. The number of nitrogens with one attached hydrogen (secondary N) is 2. The second-order valence-electron chi connectivity index (χ2n) is 8.39. The van der Waals surface area contributed by atoms with E-state index in [1.165, 1.54) is 12.3 Å². The monoisotopic (exact) mass is 479 g/mol. The molecule has 0 saturated carbocycles. The van der Waals surface area contributed by atoms with Crippen LogP contribution in [0.25, 0.3) is 10.9 Å². The number of carbonyl (C=O) groups excluding carboxylic acids is 1. The van der Waals surface area contributed by atoms with Crippen LogP contribution in [-0.2, 0) is 0 Å². The van der Waals surface area contributed by atoms with E-state index in [0.29, 0.717) is 29.6 Å². The average molecular weight is 479 g/mol. The van der Waals surface area contributed by atoms with E-state index in [0.717, 1.165) is 25.1 Å². The van der Waals surface area contributed by atoms with Crippen molar-refractivity contribution in [1.82, 2.24) is 29.7 Å². The van der Waals surface area contributed by atoms with Crippen LogP contribution in [0.4, 0.5) is 20.4 Å². The van der Waals surface area contributed by atoms with Crippen molar-refractivity contribution < 1.29 is 18.3 Å². The molecule has 9 nitrogen and oxygen atoms in total. The SMILES string of the molecule is Cc1cc2c(F)c(Oc3ncnc(Nc4ccc(C(=O)N5CCN(C)CC5)cn4)c3F)ccc2[nH]1. The molecule has 0 radical (unpaired) electrons. The maximum Gasteiger partial charge on any atom is 0.261 e. The van der Waals surface area contributed by atoms with Gasteiger partial charge in [-0.1, -0.05) is 0 Å². The molecule has 0 aliphatic carbocycles. The summed E-state index contributed by atoms with van der Waals surface area (Å²) in [4.78, 5) is 31.6. The molecule has 0 spiro atoms. The Balaban J connectivity index is 1.31. The normalized spacial score (nSPS) is 14.3. The number of halogens is 2. The molecular weight excluding hydrogens is 456 g/mol. The topological polar surface area (TPSA) is 99.3 Å². The number of H-pyrrole nitrogens is 1. The van der Waals surface area contributed by atoms with Crippen LogP contribution in [0.1, 0.15) is 16.1 Å². The smallest absolute Gasteiger partial charge is 0.261 e. The first-order valence-corrected chi connectivity index (χ1v) is 11.1. The summed E-state index contributed by atoms with van der Waals surface area (Å²) in [5, 5.41) is 3.09. The lowest BCUT2D eigenvalue weighted by molar-refractivity contribution is 0.0663. The number of ether oxygens (including phenoxy) is 1. The van der Waals surface area contributed by atoms with Crippen LogP contribution < -0.4 is 10.1 Å². The molecule has 11 heteroatoms. The molecule has 1 aliphatic rings. The zero-order valence-electron chi connectivity index (χ0n) is 19.2. The predicted molar refractivity (Wildman–Crippen MR) is 126 cm³/mol. The highest BCUT2D eigenvalue weighted by Crippen LogP contribution is 2.32. The Morgan fingerprint density at radius 2 is 1.86 bits per heavy atom. The Kier molecular flexibility index (Phi) is 6.00. The molecule has 0 unspecified atom stereocenters. The van der Waals surface area contributed by atoms with Gasteiger partial charge >= 0.3 is 0 Å². The third-order valence-electron chi connectivity index (χ3n) is 5.85. The number of aromatic amines is 1. The number of fused-ring (bicyclic) bond motifs is 1. The summed E-state index contributed by atoms with van der Waals surface area (Å²) < 4.78 is 35.3. The molecule has 5 rings (SSSR count).